The highest BCUT2D eigenvalue weighted by Crippen LogP contribution is 2.45. The molecule has 0 bridgehead atoms. The number of halogens is 1. The molecule has 1 atom stereocenters. The SMILES string of the molecule is Cc1nc(N2CCC[C@H](NC(C3CC3)C3CC3)CC2)nc2ccc(F)cc12. The molecule has 2 heterocycles. The van der Waals surface area contributed by atoms with E-state index in [1.54, 1.807) is 6.07 Å². The van der Waals surface area contributed by atoms with Crippen LogP contribution >= 0.6 is 0 Å². The van der Waals surface area contributed by atoms with Gasteiger partial charge in [-0.2, -0.15) is 0 Å². The molecule has 144 valence electrons. The summed E-state index contributed by atoms with van der Waals surface area (Å²) in [5.74, 6) is 2.46. The van der Waals surface area contributed by atoms with Gasteiger partial charge < -0.3 is 10.2 Å². The molecule has 0 unspecified atom stereocenters. The van der Waals surface area contributed by atoms with E-state index in [0.717, 1.165) is 59.9 Å². The molecule has 1 N–H and O–H groups in total. The van der Waals surface area contributed by atoms with E-state index < -0.39 is 0 Å². The first-order chi connectivity index (χ1) is 13.2. The Morgan fingerprint density at radius 1 is 1.04 bits per heavy atom. The highest BCUT2D eigenvalue weighted by molar-refractivity contribution is 5.81. The lowest BCUT2D eigenvalue weighted by Gasteiger charge is -2.25. The molecule has 5 heteroatoms. The van der Waals surface area contributed by atoms with Crippen LogP contribution in [0.2, 0.25) is 0 Å². The van der Waals surface area contributed by atoms with Crippen molar-refractivity contribution in [3.8, 4) is 0 Å². The lowest BCUT2D eigenvalue weighted by Crippen LogP contribution is -2.41. The first kappa shape index (κ1) is 17.4. The highest BCUT2D eigenvalue weighted by Gasteiger charge is 2.42. The van der Waals surface area contributed by atoms with Crippen molar-refractivity contribution < 1.29 is 4.39 Å². The average molecular weight is 369 g/mol. The number of hydrogen-bond acceptors (Lipinski definition) is 4. The maximum Gasteiger partial charge on any atom is 0.226 e. The standard InChI is InChI=1S/C22H29FN4/c1-14-19-13-17(23)8-9-20(19)26-22(24-14)27-11-2-3-18(10-12-27)25-21(15-4-5-15)16-6-7-16/h8-9,13,15-16,18,21,25H,2-7,10-12H2,1H3/t18-/m0/s1. The van der Waals surface area contributed by atoms with Gasteiger partial charge in [-0.05, 0) is 81.9 Å². The Bertz CT molecular complexity index is 818. The molecular weight excluding hydrogens is 339 g/mol. The second-order valence-corrected chi connectivity index (χ2v) is 8.75. The van der Waals surface area contributed by atoms with Gasteiger partial charge in [-0.3, -0.25) is 0 Å². The van der Waals surface area contributed by atoms with E-state index in [-0.39, 0.29) is 5.82 Å². The third kappa shape index (κ3) is 3.79. The number of fused-ring (bicyclic) bond motifs is 1. The first-order valence-corrected chi connectivity index (χ1v) is 10.6. The van der Waals surface area contributed by atoms with E-state index in [1.165, 1.54) is 50.7 Å². The van der Waals surface area contributed by atoms with E-state index in [2.05, 4.69) is 10.2 Å². The van der Waals surface area contributed by atoms with E-state index >= 15 is 0 Å². The monoisotopic (exact) mass is 368 g/mol. The van der Waals surface area contributed by atoms with Crippen LogP contribution in [0.15, 0.2) is 18.2 Å². The normalized spacial score (nSPS) is 23.8. The molecule has 2 aromatic rings. The Labute approximate surface area is 160 Å². The Balaban J connectivity index is 1.29. The number of aryl methyl sites for hydroxylation is 1. The van der Waals surface area contributed by atoms with Crippen molar-refractivity contribution in [3.05, 3.63) is 29.7 Å². The van der Waals surface area contributed by atoms with Gasteiger partial charge in [-0.15, -0.1) is 0 Å². The summed E-state index contributed by atoms with van der Waals surface area (Å²) in [5, 5.41) is 4.84. The zero-order valence-corrected chi connectivity index (χ0v) is 16.1. The molecular formula is C22H29FN4. The fourth-order valence-corrected chi connectivity index (χ4v) is 4.68. The van der Waals surface area contributed by atoms with Crippen molar-refractivity contribution in [1.82, 2.24) is 15.3 Å². The third-order valence-electron chi connectivity index (χ3n) is 6.54. The largest absolute Gasteiger partial charge is 0.341 e. The second kappa shape index (κ2) is 7.01. The van der Waals surface area contributed by atoms with Crippen molar-refractivity contribution in [2.75, 3.05) is 18.0 Å². The molecule has 5 rings (SSSR count). The molecule has 2 aliphatic carbocycles. The third-order valence-corrected chi connectivity index (χ3v) is 6.54. The number of nitrogens with zero attached hydrogens (tertiary/aromatic N) is 3. The highest BCUT2D eigenvalue weighted by atomic mass is 19.1. The van der Waals surface area contributed by atoms with Crippen LogP contribution in [-0.4, -0.2) is 35.1 Å². The van der Waals surface area contributed by atoms with E-state index in [0.29, 0.717) is 6.04 Å². The van der Waals surface area contributed by atoms with Crippen molar-refractivity contribution in [2.24, 2.45) is 11.8 Å². The fourth-order valence-electron chi connectivity index (χ4n) is 4.68. The van der Waals surface area contributed by atoms with Crippen LogP contribution in [0.5, 0.6) is 0 Å². The van der Waals surface area contributed by atoms with Crippen LogP contribution in [0.3, 0.4) is 0 Å². The summed E-state index contributed by atoms with van der Waals surface area (Å²) < 4.78 is 13.5. The summed E-state index contributed by atoms with van der Waals surface area (Å²) >= 11 is 0. The summed E-state index contributed by atoms with van der Waals surface area (Å²) in [7, 11) is 0. The molecule has 0 amide bonds. The minimum atomic E-state index is -0.230. The maximum atomic E-state index is 13.5. The van der Waals surface area contributed by atoms with Crippen LogP contribution in [0.4, 0.5) is 10.3 Å². The number of aromatic nitrogens is 2. The van der Waals surface area contributed by atoms with Crippen LogP contribution in [0.1, 0.15) is 50.6 Å². The van der Waals surface area contributed by atoms with Crippen molar-refractivity contribution in [3.63, 3.8) is 0 Å². The molecule has 0 spiro atoms. The van der Waals surface area contributed by atoms with E-state index in [1.807, 2.05) is 6.92 Å². The number of anilines is 1. The predicted octanol–water partition coefficient (Wildman–Crippen LogP) is 4.21. The molecule has 1 saturated heterocycles. The summed E-state index contributed by atoms with van der Waals surface area (Å²) in [5.41, 5.74) is 1.69. The van der Waals surface area contributed by atoms with Crippen LogP contribution < -0.4 is 10.2 Å². The lowest BCUT2D eigenvalue weighted by atomic mass is 10.0. The minimum absolute atomic E-state index is 0.230. The van der Waals surface area contributed by atoms with Gasteiger partial charge in [-0.25, -0.2) is 14.4 Å². The van der Waals surface area contributed by atoms with Gasteiger partial charge >= 0.3 is 0 Å². The molecule has 2 saturated carbocycles. The second-order valence-electron chi connectivity index (χ2n) is 8.75. The number of hydrogen-bond donors (Lipinski definition) is 1. The molecule has 4 nitrogen and oxygen atoms in total. The average Bonchev–Trinajstić information content (AvgIpc) is 3.54. The van der Waals surface area contributed by atoms with E-state index in [4.69, 9.17) is 9.97 Å². The fraction of sp³-hybridized carbons (Fsp3) is 0.636. The Morgan fingerprint density at radius 3 is 2.56 bits per heavy atom. The van der Waals surface area contributed by atoms with Crippen molar-refractivity contribution >= 4 is 16.9 Å². The zero-order valence-electron chi connectivity index (χ0n) is 16.1. The van der Waals surface area contributed by atoms with Crippen LogP contribution in [0, 0.1) is 24.6 Å². The van der Waals surface area contributed by atoms with E-state index in [9.17, 15) is 4.39 Å². The van der Waals surface area contributed by atoms with Crippen molar-refractivity contribution in [1.29, 1.82) is 0 Å². The summed E-state index contributed by atoms with van der Waals surface area (Å²) in [4.78, 5) is 11.8. The first-order valence-electron chi connectivity index (χ1n) is 10.6. The molecule has 27 heavy (non-hydrogen) atoms. The van der Waals surface area contributed by atoms with Gasteiger partial charge in [0.25, 0.3) is 0 Å². The molecule has 1 aromatic heterocycles. The minimum Gasteiger partial charge on any atom is -0.341 e. The van der Waals surface area contributed by atoms with Crippen LogP contribution in [0.25, 0.3) is 10.9 Å². The Morgan fingerprint density at radius 2 is 1.81 bits per heavy atom. The van der Waals surface area contributed by atoms with Gasteiger partial charge in [0, 0.05) is 30.6 Å². The predicted molar refractivity (Wildman–Crippen MR) is 106 cm³/mol. The number of benzene rings is 1. The summed E-state index contributed by atoms with van der Waals surface area (Å²) in [6.45, 7) is 3.94. The van der Waals surface area contributed by atoms with Crippen LogP contribution in [-0.2, 0) is 0 Å². The number of rotatable bonds is 5. The summed E-state index contributed by atoms with van der Waals surface area (Å²) in [6, 6.07) is 6.18. The topological polar surface area (TPSA) is 41.1 Å². The quantitative estimate of drug-likeness (QED) is 0.858. The number of nitrogens with one attached hydrogen (secondary N) is 1. The lowest BCUT2D eigenvalue weighted by molar-refractivity contribution is 0.343. The Kier molecular flexibility index (Phi) is 4.50. The van der Waals surface area contributed by atoms with Gasteiger partial charge in [-0.1, -0.05) is 0 Å². The van der Waals surface area contributed by atoms with Crippen molar-refractivity contribution in [2.45, 2.75) is 64.0 Å². The molecule has 1 aromatic carbocycles. The Hall–Kier alpha value is -1.75. The molecule has 3 fully saturated rings. The summed E-state index contributed by atoms with van der Waals surface area (Å²) in [6.07, 6.45) is 9.28. The smallest absolute Gasteiger partial charge is 0.226 e. The van der Waals surface area contributed by atoms with Gasteiger partial charge in [0.1, 0.15) is 5.82 Å². The molecule has 0 radical (unpaired) electrons. The molecule has 3 aliphatic rings. The van der Waals surface area contributed by atoms with Gasteiger partial charge in [0.05, 0.1) is 11.2 Å². The zero-order chi connectivity index (χ0) is 18.4. The van der Waals surface area contributed by atoms with Gasteiger partial charge in [0.15, 0.2) is 0 Å². The maximum absolute atomic E-state index is 13.5. The van der Waals surface area contributed by atoms with Gasteiger partial charge in [0.2, 0.25) is 5.95 Å². The molecule has 1 aliphatic heterocycles.